The average molecular weight is 410 g/mol. The molecule has 2 aromatic carbocycles. The largest absolute Gasteiger partial charge is 0.444 e. The summed E-state index contributed by atoms with van der Waals surface area (Å²) in [6, 6.07) is 13.3. The molecular formula is C24H31N3O3. The first-order valence-corrected chi connectivity index (χ1v) is 10.3. The SMILES string of the molecule is Cc1cccc(N2CCN(C(=O)c3cccc(NC(=O)OC(C)(C)C)c3)CC2)c1C. The maximum Gasteiger partial charge on any atom is 0.412 e. The van der Waals surface area contributed by atoms with Gasteiger partial charge < -0.3 is 14.5 Å². The van der Waals surface area contributed by atoms with Crippen molar-refractivity contribution in [3.8, 4) is 0 Å². The normalized spacial score (nSPS) is 14.4. The molecule has 0 bridgehead atoms. The van der Waals surface area contributed by atoms with Crippen LogP contribution in [0.3, 0.4) is 0 Å². The molecule has 0 atom stereocenters. The summed E-state index contributed by atoms with van der Waals surface area (Å²) in [5, 5.41) is 2.70. The van der Waals surface area contributed by atoms with Gasteiger partial charge in [0.05, 0.1) is 0 Å². The van der Waals surface area contributed by atoms with E-state index < -0.39 is 11.7 Å². The molecule has 0 aromatic heterocycles. The minimum absolute atomic E-state index is 0.0246. The summed E-state index contributed by atoms with van der Waals surface area (Å²) in [6.07, 6.45) is -0.533. The fourth-order valence-electron chi connectivity index (χ4n) is 3.56. The molecule has 1 fully saturated rings. The van der Waals surface area contributed by atoms with Crippen molar-refractivity contribution in [1.82, 2.24) is 4.90 Å². The average Bonchev–Trinajstić information content (AvgIpc) is 2.68. The van der Waals surface area contributed by atoms with Gasteiger partial charge in [0.2, 0.25) is 0 Å². The number of carbonyl (C=O) groups is 2. The van der Waals surface area contributed by atoms with E-state index in [-0.39, 0.29) is 5.91 Å². The molecule has 3 rings (SSSR count). The zero-order valence-electron chi connectivity index (χ0n) is 18.5. The molecule has 1 N–H and O–H groups in total. The summed E-state index contributed by atoms with van der Waals surface area (Å²) < 4.78 is 5.28. The highest BCUT2D eigenvalue weighted by Crippen LogP contribution is 2.24. The molecule has 2 amide bonds. The lowest BCUT2D eigenvalue weighted by molar-refractivity contribution is 0.0634. The van der Waals surface area contributed by atoms with Crippen molar-refractivity contribution in [2.45, 2.75) is 40.2 Å². The summed E-state index contributed by atoms with van der Waals surface area (Å²) in [4.78, 5) is 29.2. The molecule has 0 spiro atoms. The van der Waals surface area contributed by atoms with Crippen LogP contribution in [-0.2, 0) is 4.74 Å². The van der Waals surface area contributed by atoms with Crippen molar-refractivity contribution in [1.29, 1.82) is 0 Å². The van der Waals surface area contributed by atoms with Crippen LogP contribution in [0, 0.1) is 13.8 Å². The summed E-state index contributed by atoms with van der Waals surface area (Å²) in [5.41, 5.74) is 4.34. The van der Waals surface area contributed by atoms with Gasteiger partial charge in [-0.05, 0) is 70.0 Å². The predicted octanol–water partition coefficient (Wildman–Crippen LogP) is 4.61. The number of rotatable bonds is 3. The van der Waals surface area contributed by atoms with Gasteiger partial charge in [0.1, 0.15) is 5.60 Å². The molecule has 1 aliphatic heterocycles. The van der Waals surface area contributed by atoms with Crippen LogP contribution >= 0.6 is 0 Å². The molecule has 1 heterocycles. The van der Waals surface area contributed by atoms with E-state index in [9.17, 15) is 9.59 Å². The van der Waals surface area contributed by atoms with E-state index in [4.69, 9.17) is 4.74 Å². The number of aryl methyl sites for hydroxylation is 1. The first kappa shape index (κ1) is 21.7. The van der Waals surface area contributed by atoms with Gasteiger partial charge in [0.25, 0.3) is 5.91 Å². The number of amides is 2. The van der Waals surface area contributed by atoms with Crippen molar-refractivity contribution in [2.75, 3.05) is 36.4 Å². The minimum atomic E-state index is -0.577. The molecule has 6 nitrogen and oxygen atoms in total. The fourth-order valence-corrected chi connectivity index (χ4v) is 3.56. The van der Waals surface area contributed by atoms with E-state index in [0.717, 1.165) is 13.1 Å². The van der Waals surface area contributed by atoms with Gasteiger partial charge >= 0.3 is 6.09 Å². The molecule has 160 valence electrons. The smallest absolute Gasteiger partial charge is 0.412 e. The Bertz CT molecular complexity index is 926. The number of piperazine rings is 1. The zero-order valence-corrected chi connectivity index (χ0v) is 18.5. The van der Waals surface area contributed by atoms with Crippen LogP contribution in [0.25, 0.3) is 0 Å². The number of hydrogen-bond donors (Lipinski definition) is 1. The Kier molecular flexibility index (Phi) is 6.34. The van der Waals surface area contributed by atoms with Crippen LogP contribution in [0.1, 0.15) is 42.3 Å². The van der Waals surface area contributed by atoms with E-state index in [0.29, 0.717) is 24.3 Å². The quantitative estimate of drug-likeness (QED) is 0.804. The maximum absolute atomic E-state index is 13.0. The van der Waals surface area contributed by atoms with Crippen LogP contribution in [0.2, 0.25) is 0 Å². The fraction of sp³-hybridized carbons (Fsp3) is 0.417. The zero-order chi connectivity index (χ0) is 21.9. The molecule has 2 aromatic rings. The summed E-state index contributed by atoms with van der Waals surface area (Å²) >= 11 is 0. The number of anilines is 2. The van der Waals surface area contributed by atoms with Gasteiger partial charge in [0.15, 0.2) is 0 Å². The third kappa shape index (κ3) is 5.32. The standard InChI is InChI=1S/C24H31N3O3/c1-17-8-6-11-21(18(17)2)26-12-14-27(15-13-26)22(28)19-9-7-10-20(16-19)25-23(29)30-24(3,4)5/h6-11,16H,12-15H2,1-5H3,(H,25,29). The van der Waals surface area contributed by atoms with Gasteiger partial charge in [-0.3, -0.25) is 10.1 Å². The van der Waals surface area contributed by atoms with Gasteiger partial charge in [0, 0.05) is 43.1 Å². The highest BCUT2D eigenvalue weighted by molar-refractivity contribution is 5.96. The van der Waals surface area contributed by atoms with Crippen LogP contribution < -0.4 is 10.2 Å². The molecule has 30 heavy (non-hydrogen) atoms. The second-order valence-corrected chi connectivity index (χ2v) is 8.71. The number of nitrogens with zero attached hydrogens (tertiary/aromatic N) is 2. The molecule has 0 unspecified atom stereocenters. The lowest BCUT2D eigenvalue weighted by atomic mass is 10.1. The van der Waals surface area contributed by atoms with Crippen LogP contribution in [0.15, 0.2) is 42.5 Å². The Hall–Kier alpha value is -3.02. The maximum atomic E-state index is 13.0. The summed E-state index contributed by atoms with van der Waals surface area (Å²) in [7, 11) is 0. The topological polar surface area (TPSA) is 61.9 Å². The lowest BCUT2D eigenvalue weighted by Gasteiger charge is -2.37. The minimum Gasteiger partial charge on any atom is -0.444 e. The van der Waals surface area contributed by atoms with E-state index in [2.05, 4.69) is 42.3 Å². The Morgan fingerprint density at radius 2 is 1.63 bits per heavy atom. The van der Waals surface area contributed by atoms with Crippen molar-refractivity contribution >= 4 is 23.4 Å². The summed E-state index contributed by atoms with van der Waals surface area (Å²) in [5.74, 6) is -0.0246. The van der Waals surface area contributed by atoms with Crippen LogP contribution in [0.4, 0.5) is 16.2 Å². The Balaban J connectivity index is 1.62. The van der Waals surface area contributed by atoms with Crippen molar-refractivity contribution in [2.24, 2.45) is 0 Å². The monoisotopic (exact) mass is 409 g/mol. The second kappa shape index (κ2) is 8.78. The molecule has 0 aliphatic carbocycles. The first-order chi connectivity index (χ1) is 14.1. The Labute approximate surface area is 178 Å². The van der Waals surface area contributed by atoms with E-state index in [1.54, 1.807) is 24.3 Å². The van der Waals surface area contributed by atoms with E-state index >= 15 is 0 Å². The second-order valence-electron chi connectivity index (χ2n) is 8.71. The van der Waals surface area contributed by atoms with Crippen LogP contribution in [-0.4, -0.2) is 48.7 Å². The summed E-state index contributed by atoms with van der Waals surface area (Å²) in [6.45, 7) is 12.6. The molecule has 0 saturated carbocycles. The van der Waals surface area contributed by atoms with Crippen molar-refractivity contribution in [3.05, 3.63) is 59.2 Å². The highest BCUT2D eigenvalue weighted by Gasteiger charge is 2.24. The van der Waals surface area contributed by atoms with Crippen molar-refractivity contribution in [3.63, 3.8) is 0 Å². The number of hydrogen-bond acceptors (Lipinski definition) is 4. The molecule has 1 aliphatic rings. The van der Waals surface area contributed by atoms with E-state index in [1.165, 1.54) is 16.8 Å². The van der Waals surface area contributed by atoms with Gasteiger partial charge in [-0.2, -0.15) is 0 Å². The van der Waals surface area contributed by atoms with E-state index in [1.807, 2.05) is 25.7 Å². The van der Waals surface area contributed by atoms with Gasteiger partial charge in [-0.25, -0.2) is 4.79 Å². The molecular weight excluding hydrogens is 378 g/mol. The molecule has 0 radical (unpaired) electrons. The predicted molar refractivity (Wildman–Crippen MR) is 120 cm³/mol. The Morgan fingerprint density at radius 1 is 0.967 bits per heavy atom. The molecule has 6 heteroatoms. The number of nitrogens with one attached hydrogen (secondary N) is 1. The highest BCUT2D eigenvalue weighted by atomic mass is 16.6. The van der Waals surface area contributed by atoms with Crippen LogP contribution in [0.5, 0.6) is 0 Å². The Morgan fingerprint density at radius 3 is 2.30 bits per heavy atom. The van der Waals surface area contributed by atoms with Gasteiger partial charge in [-0.15, -0.1) is 0 Å². The van der Waals surface area contributed by atoms with Crippen molar-refractivity contribution < 1.29 is 14.3 Å². The van der Waals surface area contributed by atoms with Gasteiger partial charge in [-0.1, -0.05) is 18.2 Å². The lowest BCUT2D eigenvalue weighted by Crippen LogP contribution is -2.49. The first-order valence-electron chi connectivity index (χ1n) is 10.3. The number of ether oxygens (including phenoxy) is 1. The molecule has 1 saturated heterocycles. The number of carbonyl (C=O) groups excluding carboxylic acids is 2. The third-order valence-electron chi connectivity index (χ3n) is 5.24. The number of benzene rings is 2. The third-order valence-corrected chi connectivity index (χ3v) is 5.24.